The standard InChI is InChI=1S/C13H20N2O3/c1-4-14-8-5-6-11(14)13(18)15(10(2)3)9-7-12(16)17/h5-6,8,10H,4,7,9H2,1-3H3,(H,16,17). The van der Waals surface area contributed by atoms with Crippen molar-refractivity contribution >= 4 is 11.9 Å². The van der Waals surface area contributed by atoms with E-state index in [1.54, 1.807) is 11.0 Å². The zero-order valence-corrected chi connectivity index (χ0v) is 11.1. The summed E-state index contributed by atoms with van der Waals surface area (Å²) in [6.07, 6.45) is 1.82. The summed E-state index contributed by atoms with van der Waals surface area (Å²) in [7, 11) is 0. The first-order chi connectivity index (χ1) is 8.47. The first kappa shape index (κ1) is 14.3. The number of nitrogens with zero attached hydrogens (tertiary/aromatic N) is 2. The van der Waals surface area contributed by atoms with Crippen LogP contribution in [-0.4, -0.2) is 39.0 Å². The summed E-state index contributed by atoms with van der Waals surface area (Å²) in [5.74, 6) is -1.00. The average molecular weight is 252 g/mol. The quantitative estimate of drug-likeness (QED) is 0.840. The lowest BCUT2D eigenvalue weighted by Crippen LogP contribution is -2.39. The van der Waals surface area contributed by atoms with Crippen molar-refractivity contribution in [2.75, 3.05) is 6.54 Å². The number of aliphatic carboxylic acids is 1. The summed E-state index contributed by atoms with van der Waals surface area (Å²) in [4.78, 5) is 24.6. The highest BCUT2D eigenvalue weighted by molar-refractivity contribution is 5.93. The van der Waals surface area contributed by atoms with Crippen LogP contribution in [0.1, 0.15) is 37.7 Å². The van der Waals surface area contributed by atoms with Crippen molar-refractivity contribution in [3.63, 3.8) is 0 Å². The molecule has 0 fully saturated rings. The van der Waals surface area contributed by atoms with Crippen molar-refractivity contribution in [3.8, 4) is 0 Å². The molecule has 1 amide bonds. The van der Waals surface area contributed by atoms with Gasteiger partial charge in [0, 0.05) is 25.3 Å². The summed E-state index contributed by atoms with van der Waals surface area (Å²) in [6.45, 7) is 6.70. The van der Waals surface area contributed by atoms with Crippen molar-refractivity contribution in [3.05, 3.63) is 24.0 Å². The van der Waals surface area contributed by atoms with Gasteiger partial charge >= 0.3 is 5.97 Å². The van der Waals surface area contributed by atoms with Crippen molar-refractivity contribution in [1.29, 1.82) is 0 Å². The zero-order valence-electron chi connectivity index (χ0n) is 11.1. The van der Waals surface area contributed by atoms with Crippen molar-refractivity contribution in [2.45, 2.75) is 39.8 Å². The molecule has 0 saturated carbocycles. The van der Waals surface area contributed by atoms with Crippen LogP contribution in [-0.2, 0) is 11.3 Å². The number of carboxylic acid groups (broad SMARTS) is 1. The predicted molar refractivity (Wildman–Crippen MR) is 68.5 cm³/mol. The van der Waals surface area contributed by atoms with Crippen LogP contribution in [0, 0.1) is 0 Å². The molecule has 0 aliphatic rings. The molecule has 1 aromatic rings. The molecule has 5 nitrogen and oxygen atoms in total. The third kappa shape index (κ3) is 3.35. The normalized spacial score (nSPS) is 10.7. The van der Waals surface area contributed by atoms with E-state index in [2.05, 4.69) is 0 Å². The Morgan fingerprint density at radius 2 is 2.11 bits per heavy atom. The van der Waals surface area contributed by atoms with Gasteiger partial charge in [-0.15, -0.1) is 0 Å². The van der Waals surface area contributed by atoms with E-state index < -0.39 is 5.97 Å². The number of amides is 1. The molecule has 1 heterocycles. The molecule has 0 aromatic carbocycles. The van der Waals surface area contributed by atoms with Crippen molar-refractivity contribution in [1.82, 2.24) is 9.47 Å². The summed E-state index contributed by atoms with van der Waals surface area (Å²) < 4.78 is 1.86. The van der Waals surface area contributed by atoms with E-state index >= 15 is 0 Å². The molecular weight excluding hydrogens is 232 g/mol. The van der Waals surface area contributed by atoms with Crippen LogP contribution in [0.3, 0.4) is 0 Å². The third-order valence-corrected chi connectivity index (χ3v) is 2.84. The summed E-state index contributed by atoms with van der Waals surface area (Å²) >= 11 is 0. The lowest BCUT2D eigenvalue weighted by atomic mass is 10.2. The smallest absolute Gasteiger partial charge is 0.305 e. The number of hydrogen-bond acceptors (Lipinski definition) is 2. The van der Waals surface area contributed by atoms with Crippen LogP contribution in [0.4, 0.5) is 0 Å². The van der Waals surface area contributed by atoms with Crippen LogP contribution in [0.2, 0.25) is 0 Å². The summed E-state index contributed by atoms with van der Waals surface area (Å²) in [6, 6.07) is 3.58. The molecule has 1 N–H and O–H groups in total. The number of aromatic nitrogens is 1. The highest BCUT2D eigenvalue weighted by atomic mass is 16.4. The second kappa shape index (κ2) is 6.23. The zero-order chi connectivity index (χ0) is 13.7. The fourth-order valence-electron chi connectivity index (χ4n) is 1.84. The number of aryl methyl sites for hydroxylation is 1. The van der Waals surface area contributed by atoms with Crippen LogP contribution in [0.15, 0.2) is 18.3 Å². The highest BCUT2D eigenvalue weighted by Gasteiger charge is 2.21. The maximum absolute atomic E-state index is 12.4. The number of carbonyl (C=O) groups excluding carboxylic acids is 1. The van der Waals surface area contributed by atoms with Gasteiger partial charge in [0.1, 0.15) is 5.69 Å². The molecule has 0 unspecified atom stereocenters. The SMILES string of the molecule is CCn1cccc1C(=O)N(CCC(=O)O)C(C)C. The molecule has 0 radical (unpaired) electrons. The number of carbonyl (C=O) groups is 2. The van der Waals surface area contributed by atoms with Gasteiger partial charge in [0.15, 0.2) is 0 Å². The van der Waals surface area contributed by atoms with Crippen molar-refractivity contribution < 1.29 is 14.7 Å². The molecule has 0 aliphatic heterocycles. The fraction of sp³-hybridized carbons (Fsp3) is 0.538. The Morgan fingerprint density at radius 1 is 1.44 bits per heavy atom. The van der Waals surface area contributed by atoms with E-state index in [-0.39, 0.29) is 24.9 Å². The Hall–Kier alpha value is -1.78. The van der Waals surface area contributed by atoms with Gasteiger partial charge < -0.3 is 14.6 Å². The van der Waals surface area contributed by atoms with E-state index in [0.717, 1.165) is 6.54 Å². The first-order valence-corrected chi connectivity index (χ1v) is 6.15. The number of rotatable bonds is 6. The highest BCUT2D eigenvalue weighted by Crippen LogP contribution is 2.10. The lowest BCUT2D eigenvalue weighted by molar-refractivity contribution is -0.137. The maximum Gasteiger partial charge on any atom is 0.305 e. The van der Waals surface area contributed by atoms with E-state index in [1.165, 1.54) is 0 Å². The Kier molecular flexibility index (Phi) is 4.95. The fourth-order valence-corrected chi connectivity index (χ4v) is 1.84. The Morgan fingerprint density at radius 3 is 2.61 bits per heavy atom. The second-order valence-electron chi connectivity index (χ2n) is 4.42. The minimum Gasteiger partial charge on any atom is -0.481 e. The van der Waals surface area contributed by atoms with Gasteiger partial charge in [-0.2, -0.15) is 0 Å². The lowest BCUT2D eigenvalue weighted by Gasteiger charge is -2.26. The number of hydrogen-bond donors (Lipinski definition) is 1. The van der Waals surface area contributed by atoms with Crippen LogP contribution < -0.4 is 0 Å². The van der Waals surface area contributed by atoms with Gasteiger partial charge in [0.05, 0.1) is 6.42 Å². The molecule has 5 heteroatoms. The second-order valence-corrected chi connectivity index (χ2v) is 4.42. The largest absolute Gasteiger partial charge is 0.481 e. The average Bonchev–Trinajstić information content (AvgIpc) is 2.75. The van der Waals surface area contributed by atoms with Gasteiger partial charge in [0.25, 0.3) is 5.91 Å². The van der Waals surface area contributed by atoms with E-state index in [0.29, 0.717) is 5.69 Å². The minimum absolute atomic E-state index is 0.0166. The summed E-state index contributed by atoms with van der Waals surface area (Å²) in [5, 5.41) is 8.71. The minimum atomic E-state index is -0.890. The Bertz CT molecular complexity index is 424. The molecule has 18 heavy (non-hydrogen) atoms. The van der Waals surface area contributed by atoms with Gasteiger partial charge in [-0.1, -0.05) is 0 Å². The molecule has 0 spiro atoms. The van der Waals surface area contributed by atoms with E-state index in [9.17, 15) is 9.59 Å². The van der Waals surface area contributed by atoms with E-state index in [4.69, 9.17) is 5.11 Å². The van der Waals surface area contributed by atoms with Crippen LogP contribution >= 0.6 is 0 Å². The van der Waals surface area contributed by atoms with Gasteiger partial charge in [-0.05, 0) is 32.9 Å². The monoisotopic (exact) mass is 252 g/mol. The summed E-state index contributed by atoms with van der Waals surface area (Å²) in [5.41, 5.74) is 0.608. The van der Waals surface area contributed by atoms with E-state index in [1.807, 2.05) is 37.6 Å². The molecular formula is C13H20N2O3. The molecule has 0 atom stereocenters. The molecule has 100 valence electrons. The van der Waals surface area contributed by atoms with Gasteiger partial charge in [0.2, 0.25) is 0 Å². The molecule has 0 saturated heterocycles. The molecule has 1 rings (SSSR count). The molecule has 0 bridgehead atoms. The number of carboxylic acids is 1. The topological polar surface area (TPSA) is 62.5 Å². The van der Waals surface area contributed by atoms with Crippen LogP contribution in [0.25, 0.3) is 0 Å². The predicted octanol–water partition coefficient (Wildman–Crippen LogP) is 1.83. The van der Waals surface area contributed by atoms with Crippen LogP contribution in [0.5, 0.6) is 0 Å². The third-order valence-electron chi connectivity index (χ3n) is 2.84. The van der Waals surface area contributed by atoms with Gasteiger partial charge in [-0.25, -0.2) is 0 Å². The van der Waals surface area contributed by atoms with Crippen molar-refractivity contribution in [2.24, 2.45) is 0 Å². The first-order valence-electron chi connectivity index (χ1n) is 6.15. The maximum atomic E-state index is 12.4. The molecule has 1 aromatic heterocycles. The van der Waals surface area contributed by atoms with Gasteiger partial charge in [-0.3, -0.25) is 9.59 Å². The molecule has 0 aliphatic carbocycles. The Balaban J connectivity index is 2.86. The Labute approximate surface area is 107 Å².